The molecule has 6 heteroatoms. The summed E-state index contributed by atoms with van der Waals surface area (Å²) in [6, 6.07) is -0.951. The standard InChI is InChI=1S/C18H31NO5/c1-5-22-15(20)14(16(21)23-6-2)19-10-7-8-18(13-19)9-11-24-17(3,4)12-18/h14H,5-13H2,1-4H3/t18-/m0/s1. The first-order valence-electron chi connectivity index (χ1n) is 9.04. The van der Waals surface area contributed by atoms with E-state index in [1.165, 1.54) is 0 Å². The molecule has 2 heterocycles. The second kappa shape index (κ2) is 7.83. The van der Waals surface area contributed by atoms with Gasteiger partial charge in [-0.25, -0.2) is 9.59 Å². The van der Waals surface area contributed by atoms with Crippen molar-refractivity contribution in [1.82, 2.24) is 4.90 Å². The zero-order chi connectivity index (χ0) is 17.8. The lowest BCUT2D eigenvalue weighted by atomic mass is 9.69. The van der Waals surface area contributed by atoms with Crippen LogP contribution >= 0.6 is 0 Å². The van der Waals surface area contributed by atoms with Crippen molar-refractivity contribution in [2.75, 3.05) is 32.9 Å². The average Bonchev–Trinajstić information content (AvgIpc) is 2.46. The van der Waals surface area contributed by atoms with Gasteiger partial charge < -0.3 is 14.2 Å². The van der Waals surface area contributed by atoms with Crippen LogP contribution in [0.3, 0.4) is 0 Å². The van der Waals surface area contributed by atoms with Gasteiger partial charge in [-0.15, -0.1) is 0 Å². The fraction of sp³-hybridized carbons (Fsp3) is 0.889. The summed E-state index contributed by atoms with van der Waals surface area (Å²) in [5.41, 5.74) is -0.0676. The van der Waals surface area contributed by atoms with Gasteiger partial charge in [0.15, 0.2) is 0 Å². The third kappa shape index (κ3) is 4.48. The molecule has 1 atom stereocenters. The number of hydrogen-bond acceptors (Lipinski definition) is 6. The number of hydrogen-bond donors (Lipinski definition) is 0. The summed E-state index contributed by atoms with van der Waals surface area (Å²) in [4.78, 5) is 26.7. The van der Waals surface area contributed by atoms with Gasteiger partial charge in [0.25, 0.3) is 0 Å². The summed E-state index contributed by atoms with van der Waals surface area (Å²) in [6.07, 6.45) is 3.97. The molecule has 0 N–H and O–H groups in total. The molecule has 2 rings (SSSR count). The van der Waals surface area contributed by atoms with Crippen molar-refractivity contribution in [1.29, 1.82) is 0 Å². The van der Waals surface area contributed by atoms with Crippen molar-refractivity contribution in [3.8, 4) is 0 Å². The van der Waals surface area contributed by atoms with Gasteiger partial charge in [-0.3, -0.25) is 4.90 Å². The summed E-state index contributed by atoms with van der Waals surface area (Å²) >= 11 is 0. The van der Waals surface area contributed by atoms with Crippen molar-refractivity contribution in [2.45, 2.75) is 65.0 Å². The van der Waals surface area contributed by atoms with Crippen molar-refractivity contribution in [3.05, 3.63) is 0 Å². The fourth-order valence-corrected chi connectivity index (χ4v) is 4.24. The van der Waals surface area contributed by atoms with Gasteiger partial charge in [0.05, 0.1) is 18.8 Å². The van der Waals surface area contributed by atoms with Crippen LogP contribution in [0.2, 0.25) is 0 Å². The van der Waals surface area contributed by atoms with Crippen molar-refractivity contribution in [2.24, 2.45) is 5.41 Å². The lowest BCUT2D eigenvalue weighted by Crippen LogP contribution is -2.57. The lowest BCUT2D eigenvalue weighted by molar-refractivity contribution is -0.169. The Hall–Kier alpha value is -1.14. The van der Waals surface area contributed by atoms with Crippen molar-refractivity contribution >= 4 is 11.9 Å². The quantitative estimate of drug-likeness (QED) is 0.564. The molecule has 2 saturated heterocycles. The summed E-state index contributed by atoms with van der Waals surface area (Å²) in [5.74, 6) is -1.00. The van der Waals surface area contributed by atoms with Crippen LogP contribution < -0.4 is 0 Å². The van der Waals surface area contributed by atoms with E-state index in [1.54, 1.807) is 13.8 Å². The number of ether oxygens (including phenoxy) is 3. The molecule has 0 saturated carbocycles. The van der Waals surface area contributed by atoms with E-state index in [1.807, 2.05) is 4.90 Å². The van der Waals surface area contributed by atoms with Crippen LogP contribution in [0.15, 0.2) is 0 Å². The molecule has 0 aromatic rings. The molecular formula is C18H31NO5. The van der Waals surface area contributed by atoms with Gasteiger partial charge in [0.2, 0.25) is 6.04 Å². The third-order valence-electron chi connectivity index (χ3n) is 5.00. The molecule has 0 aromatic heterocycles. The van der Waals surface area contributed by atoms with E-state index in [4.69, 9.17) is 14.2 Å². The minimum atomic E-state index is -0.951. The lowest BCUT2D eigenvalue weighted by Gasteiger charge is -2.50. The molecule has 0 aromatic carbocycles. The van der Waals surface area contributed by atoms with Crippen LogP contribution in [-0.2, 0) is 23.8 Å². The number of likely N-dealkylation sites (tertiary alicyclic amines) is 1. The molecule has 0 unspecified atom stereocenters. The Morgan fingerprint density at radius 1 is 1.12 bits per heavy atom. The molecule has 1 spiro atoms. The summed E-state index contributed by atoms with van der Waals surface area (Å²) in [5, 5.41) is 0. The largest absolute Gasteiger partial charge is 0.464 e. The molecular weight excluding hydrogens is 310 g/mol. The maximum absolute atomic E-state index is 12.4. The Bertz CT molecular complexity index is 442. The molecule has 2 fully saturated rings. The minimum Gasteiger partial charge on any atom is -0.464 e. The average molecular weight is 341 g/mol. The predicted molar refractivity (Wildman–Crippen MR) is 89.6 cm³/mol. The smallest absolute Gasteiger partial charge is 0.335 e. The first-order chi connectivity index (χ1) is 11.3. The van der Waals surface area contributed by atoms with Crippen LogP contribution in [0.1, 0.15) is 53.4 Å². The molecule has 138 valence electrons. The number of piperidine rings is 1. The molecule has 0 aliphatic carbocycles. The second-order valence-corrected chi connectivity index (χ2v) is 7.52. The van der Waals surface area contributed by atoms with Crippen LogP contribution in [0.25, 0.3) is 0 Å². The van der Waals surface area contributed by atoms with E-state index in [9.17, 15) is 9.59 Å². The zero-order valence-electron chi connectivity index (χ0n) is 15.4. The van der Waals surface area contributed by atoms with Crippen LogP contribution in [0.4, 0.5) is 0 Å². The zero-order valence-corrected chi connectivity index (χ0v) is 15.4. The molecule has 0 bridgehead atoms. The second-order valence-electron chi connectivity index (χ2n) is 7.52. The Morgan fingerprint density at radius 2 is 1.75 bits per heavy atom. The van der Waals surface area contributed by atoms with Crippen LogP contribution in [0.5, 0.6) is 0 Å². The summed E-state index contributed by atoms with van der Waals surface area (Å²) in [6.45, 7) is 10.4. The SMILES string of the molecule is CCOC(=O)C(C(=O)OCC)N1CCC[C@@]2(CCOC(C)(C)C2)C1. The fourth-order valence-electron chi connectivity index (χ4n) is 4.24. The van der Waals surface area contributed by atoms with Gasteiger partial charge in [0, 0.05) is 13.2 Å². The Balaban J connectivity index is 2.17. The number of carbonyl (C=O) groups is 2. The molecule has 2 aliphatic heterocycles. The van der Waals surface area contributed by atoms with Gasteiger partial charge in [-0.05, 0) is 65.3 Å². The highest BCUT2D eigenvalue weighted by molar-refractivity contribution is 5.99. The highest BCUT2D eigenvalue weighted by Gasteiger charge is 2.47. The third-order valence-corrected chi connectivity index (χ3v) is 5.00. The number of nitrogens with zero attached hydrogens (tertiary/aromatic N) is 1. The highest BCUT2D eigenvalue weighted by atomic mass is 16.6. The van der Waals surface area contributed by atoms with E-state index >= 15 is 0 Å². The molecule has 2 aliphatic rings. The van der Waals surface area contributed by atoms with Crippen LogP contribution in [-0.4, -0.2) is 61.4 Å². The first-order valence-corrected chi connectivity index (χ1v) is 9.04. The highest BCUT2D eigenvalue weighted by Crippen LogP contribution is 2.45. The van der Waals surface area contributed by atoms with E-state index in [2.05, 4.69) is 13.8 Å². The number of carbonyl (C=O) groups excluding carboxylic acids is 2. The van der Waals surface area contributed by atoms with E-state index in [-0.39, 0.29) is 24.2 Å². The maximum Gasteiger partial charge on any atom is 0.335 e. The molecule has 0 amide bonds. The van der Waals surface area contributed by atoms with Gasteiger partial charge >= 0.3 is 11.9 Å². The van der Waals surface area contributed by atoms with Gasteiger partial charge in [0.1, 0.15) is 0 Å². The summed E-state index contributed by atoms with van der Waals surface area (Å²) < 4.78 is 16.1. The number of rotatable bonds is 5. The van der Waals surface area contributed by atoms with E-state index in [0.29, 0.717) is 13.1 Å². The Morgan fingerprint density at radius 3 is 2.29 bits per heavy atom. The van der Waals surface area contributed by atoms with Crippen molar-refractivity contribution < 1.29 is 23.8 Å². The monoisotopic (exact) mass is 341 g/mol. The minimum absolute atomic E-state index is 0.0945. The maximum atomic E-state index is 12.4. The normalized spacial score (nSPS) is 27.2. The molecule has 24 heavy (non-hydrogen) atoms. The first kappa shape index (κ1) is 19.2. The van der Waals surface area contributed by atoms with Gasteiger partial charge in [-0.1, -0.05) is 0 Å². The Labute approximate surface area is 144 Å². The van der Waals surface area contributed by atoms with E-state index in [0.717, 1.165) is 32.3 Å². The number of esters is 2. The van der Waals surface area contributed by atoms with Crippen LogP contribution in [0, 0.1) is 5.41 Å². The predicted octanol–water partition coefficient (Wildman–Crippen LogP) is 2.15. The molecule has 6 nitrogen and oxygen atoms in total. The van der Waals surface area contributed by atoms with Crippen molar-refractivity contribution in [3.63, 3.8) is 0 Å². The van der Waals surface area contributed by atoms with E-state index < -0.39 is 18.0 Å². The topological polar surface area (TPSA) is 65.1 Å². The molecule has 0 radical (unpaired) electrons. The van der Waals surface area contributed by atoms with Gasteiger partial charge in [-0.2, -0.15) is 0 Å². The Kier molecular flexibility index (Phi) is 6.26. The summed E-state index contributed by atoms with van der Waals surface area (Å²) in [7, 11) is 0.